The molecule has 4 aliphatic rings. The van der Waals surface area contributed by atoms with Gasteiger partial charge in [0.25, 0.3) is 5.91 Å². The highest BCUT2D eigenvalue weighted by atomic mass is 16.5. The first-order valence-corrected chi connectivity index (χ1v) is 20.7. The van der Waals surface area contributed by atoms with Gasteiger partial charge in [0.05, 0.1) is 0 Å². The van der Waals surface area contributed by atoms with Crippen molar-refractivity contribution in [1.82, 2.24) is 24.9 Å². The minimum Gasteiger partial charge on any atom is -0.508 e. The first-order chi connectivity index (χ1) is 28.2. The molecule has 4 heterocycles. The van der Waals surface area contributed by atoms with Crippen LogP contribution in [0.5, 0.6) is 17.2 Å². The van der Waals surface area contributed by atoms with Crippen LogP contribution in [-0.4, -0.2) is 114 Å². The number of carbonyl (C=O) groups is 3. The van der Waals surface area contributed by atoms with Gasteiger partial charge >= 0.3 is 0 Å². The number of hydrogen-bond donors (Lipinski definition) is 2. The zero-order chi connectivity index (χ0) is 40.2. The van der Waals surface area contributed by atoms with E-state index in [-0.39, 0.29) is 30.2 Å². The van der Waals surface area contributed by atoms with Gasteiger partial charge in [-0.2, -0.15) is 0 Å². The van der Waals surface area contributed by atoms with E-state index in [1.54, 1.807) is 23.1 Å². The maximum absolute atomic E-state index is 13.0. The van der Waals surface area contributed by atoms with Crippen molar-refractivity contribution in [2.24, 2.45) is 0 Å². The average molecular weight is 784 g/mol. The molecule has 3 saturated heterocycles. The fraction of sp³-hybridized carbons (Fsp3) is 0.383. The Labute approximate surface area is 340 Å². The summed E-state index contributed by atoms with van der Waals surface area (Å²) in [5.41, 5.74) is 7.22. The molecule has 4 aliphatic heterocycles. The third-order valence-electron chi connectivity index (χ3n) is 12.2. The normalized spacial score (nSPS) is 22.3. The molecule has 0 aliphatic carbocycles. The van der Waals surface area contributed by atoms with Crippen LogP contribution < -0.4 is 14.8 Å². The Bertz CT molecular complexity index is 2130. The van der Waals surface area contributed by atoms with Crippen LogP contribution in [0.4, 0.5) is 0 Å². The number of benzene rings is 4. The third kappa shape index (κ3) is 8.67. The molecular weight excluding hydrogens is 731 g/mol. The lowest BCUT2D eigenvalue weighted by Crippen LogP contribution is -2.57. The van der Waals surface area contributed by atoms with Crippen molar-refractivity contribution in [2.45, 2.75) is 63.9 Å². The number of ether oxygens (including phenoxy) is 2. The Morgan fingerprint density at radius 2 is 1.52 bits per heavy atom. The van der Waals surface area contributed by atoms with E-state index < -0.39 is 11.9 Å². The number of piperazine rings is 1. The minimum atomic E-state index is -0.621. The molecule has 3 atom stereocenters. The zero-order valence-electron chi connectivity index (χ0n) is 33.4. The molecule has 0 spiro atoms. The lowest BCUT2D eigenvalue weighted by atomic mass is 9.88. The molecule has 3 unspecified atom stereocenters. The maximum Gasteiger partial charge on any atom is 0.255 e. The second-order valence-electron chi connectivity index (χ2n) is 15.8. The van der Waals surface area contributed by atoms with Crippen LogP contribution in [0.25, 0.3) is 11.1 Å². The predicted molar refractivity (Wildman–Crippen MR) is 223 cm³/mol. The Kier molecular flexibility index (Phi) is 11.9. The average Bonchev–Trinajstić information content (AvgIpc) is 3.56. The fourth-order valence-corrected chi connectivity index (χ4v) is 8.99. The molecule has 58 heavy (non-hydrogen) atoms. The van der Waals surface area contributed by atoms with E-state index >= 15 is 0 Å². The van der Waals surface area contributed by atoms with Gasteiger partial charge in [0, 0.05) is 63.8 Å². The maximum atomic E-state index is 13.0. The SMILES string of the molecule is CC/C(=C(\c1ccc(O)cc1)c1ccc(OC2CCC(N3CCN(CCOc4ccc5c(c4)CN(C4CCC(=O)NC4=O)C5=O)CC3)CN2C)cc1)c1ccccc1. The zero-order valence-corrected chi connectivity index (χ0v) is 33.4. The molecule has 11 heteroatoms. The third-order valence-corrected chi connectivity index (χ3v) is 12.2. The number of likely N-dealkylation sites (tertiary alicyclic amines) is 1. The Balaban J connectivity index is 0.800. The standard InChI is InChI=1S/C47H53N5O6/c1-3-40(32-7-5-4-6-8-32)45(33-9-14-37(53)15-10-33)34-11-16-38(17-12-34)58-44-22-13-36(31-49(44)2)51-25-23-50(24-26-51)27-28-57-39-18-19-41-35(29-39)30-52(47(41)56)42-20-21-43(54)48-46(42)55/h4-12,14-19,29,36,42,44,53H,3,13,20-28,30-31H2,1-2H3,(H,48,54,55)/b45-40-. The van der Waals surface area contributed by atoms with Crippen molar-refractivity contribution in [3.05, 3.63) is 125 Å². The molecule has 0 saturated carbocycles. The van der Waals surface area contributed by atoms with E-state index in [0.29, 0.717) is 31.2 Å². The molecule has 8 rings (SSSR count). The smallest absolute Gasteiger partial charge is 0.255 e. The summed E-state index contributed by atoms with van der Waals surface area (Å²) in [6.45, 7) is 8.87. The van der Waals surface area contributed by atoms with Crippen LogP contribution in [-0.2, 0) is 16.1 Å². The Morgan fingerprint density at radius 1 is 0.810 bits per heavy atom. The summed E-state index contributed by atoms with van der Waals surface area (Å²) in [5.74, 6) is 0.972. The topological polar surface area (TPSA) is 115 Å². The number of imide groups is 1. The summed E-state index contributed by atoms with van der Waals surface area (Å²) in [5, 5.41) is 12.4. The molecule has 4 aromatic rings. The van der Waals surface area contributed by atoms with Crippen LogP contribution in [0.2, 0.25) is 0 Å². The van der Waals surface area contributed by atoms with Crippen LogP contribution in [0.1, 0.15) is 71.6 Å². The van der Waals surface area contributed by atoms with E-state index in [9.17, 15) is 19.5 Å². The van der Waals surface area contributed by atoms with Crippen LogP contribution >= 0.6 is 0 Å². The van der Waals surface area contributed by atoms with Gasteiger partial charge in [0.2, 0.25) is 11.8 Å². The number of phenols is 1. The van der Waals surface area contributed by atoms with Gasteiger partial charge in [0.15, 0.2) is 6.23 Å². The number of likely N-dealkylation sites (N-methyl/N-ethyl adjacent to an activating group) is 1. The molecule has 0 bridgehead atoms. The van der Waals surface area contributed by atoms with Crippen molar-refractivity contribution in [3.8, 4) is 17.2 Å². The summed E-state index contributed by atoms with van der Waals surface area (Å²) in [6.07, 6.45) is 3.52. The van der Waals surface area contributed by atoms with Crippen molar-refractivity contribution in [3.63, 3.8) is 0 Å². The predicted octanol–water partition coefficient (Wildman–Crippen LogP) is 6.02. The van der Waals surface area contributed by atoms with Crippen molar-refractivity contribution < 1.29 is 29.0 Å². The van der Waals surface area contributed by atoms with E-state index in [2.05, 4.69) is 82.5 Å². The van der Waals surface area contributed by atoms with Crippen molar-refractivity contribution in [1.29, 1.82) is 0 Å². The fourth-order valence-electron chi connectivity index (χ4n) is 8.99. The number of rotatable bonds is 12. The number of aromatic hydroxyl groups is 1. The molecular formula is C47H53N5O6. The number of hydrogen-bond acceptors (Lipinski definition) is 9. The summed E-state index contributed by atoms with van der Waals surface area (Å²) >= 11 is 0. The molecule has 2 N–H and O–H groups in total. The monoisotopic (exact) mass is 783 g/mol. The van der Waals surface area contributed by atoms with Crippen LogP contribution in [0, 0.1) is 0 Å². The van der Waals surface area contributed by atoms with Gasteiger partial charge in [-0.25, -0.2) is 0 Å². The van der Waals surface area contributed by atoms with E-state index in [1.165, 1.54) is 11.1 Å². The molecule has 3 amide bonds. The molecule has 3 fully saturated rings. The first-order valence-electron chi connectivity index (χ1n) is 20.7. The number of allylic oxidation sites excluding steroid dienone is 1. The van der Waals surface area contributed by atoms with Crippen LogP contribution in [0.3, 0.4) is 0 Å². The van der Waals surface area contributed by atoms with E-state index in [0.717, 1.165) is 92.3 Å². The van der Waals surface area contributed by atoms with Gasteiger partial charge in [-0.05, 0) is 109 Å². The van der Waals surface area contributed by atoms with E-state index in [4.69, 9.17) is 9.47 Å². The van der Waals surface area contributed by atoms with Gasteiger partial charge < -0.3 is 19.5 Å². The summed E-state index contributed by atoms with van der Waals surface area (Å²) < 4.78 is 12.7. The molecule has 11 nitrogen and oxygen atoms in total. The molecule has 0 aromatic heterocycles. The summed E-state index contributed by atoms with van der Waals surface area (Å²) in [6, 6.07) is 31.8. The number of phenolic OH excluding ortho intramolecular Hbond substituents is 1. The number of piperidine rings is 2. The number of fused-ring (bicyclic) bond motifs is 1. The summed E-state index contributed by atoms with van der Waals surface area (Å²) in [4.78, 5) is 46.0. The number of nitrogens with zero attached hydrogens (tertiary/aromatic N) is 4. The molecule has 4 aromatic carbocycles. The largest absolute Gasteiger partial charge is 0.508 e. The highest BCUT2D eigenvalue weighted by Gasteiger charge is 2.39. The number of amides is 3. The Morgan fingerprint density at radius 3 is 2.21 bits per heavy atom. The molecule has 0 radical (unpaired) electrons. The number of carbonyl (C=O) groups excluding carboxylic acids is 3. The van der Waals surface area contributed by atoms with Gasteiger partial charge in [-0.15, -0.1) is 0 Å². The van der Waals surface area contributed by atoms with Crippen molar-refractivity contribution >= 4 is 28.9 Å². The highest BCUT2D eigenvalue weighted by Crippen LogP contribution is 2.36. The molecule has 302 valence electrons. The van der Waals surface area contributed by atoms with Gasteiger partial charge in [-0.1, -0.05) is 61.5 Å². The van der Waals surface area contributed by atoms with Gasteiger partial charge in [-0.3, -0.25) is 34.4 Å². The second-order valence-corrected chi connectivity index (χ2v) is 15.8. The van der Waals surface area contributed by atoms with Gasteiger partial charge in [0.1, 0.15) is 29.9 Å². The number of nitrogens with one attached hydrogen (secondary N) is 1. The lowest BCUT2D eigenvalue weighted by Gasteiger charge is -2.44. The van der Waals surface area contributed by atoms with Crippen LogP contribution in [0.15, 0.2) is 97.1 Å². The second kappa shape index (κ2) is 17.6. The van der Waals surface area contributed by atoms with Crippen molar-refractivity contribution in [2.75, 3.05) is 52.9 Å². The summed E-state index contributed by atoms with van der Waals surface area (Å²) in [7, 11) is 2.17. The first kappa shape index (κ1) is 39.3. The highest BCUT2D eigenvalue weighted by molar-refractivity contribution is 6.05. The minimum absolute atomic E-state index is 0.0148. The van der Waals surface area contributed by atoms with E-state index in [1.807, 2.05) is 30.3 Å². The quantitative estimate of drug-likeness (QED) is 0.132. The Hall–Kier alpha value is -5.49. The lowest BCUT2D eigenvalue weighted by molar-refractivity contribution is -0.136.